The summed E-state index contributed by atoms with van der Waals surface area (Å²) in [7, 11) is 1.91. The van der Waals surface area contributed by atoms with Gasteiger partial charge in [-0.3, -0.25) is 4.90 Å². The van der Waals surface area contributed by atoms with Crippen molar-refractivity contribution in [3.05, 3.63) is 0 Å². The first-order valence-electron chi connectivity index (χ1n) is 4.23. The van der Waals surface area contributed by atoms with E-state index in [0.717, 1.165) is 0 Å². The van der Waals surface area contributed by atoms with Crippen molar-refractivity contribution in [2.75, 3.05) is 20.2 Å². The van der Waals surface area contributed by atoms with E-state index in [1.165, 1.54) is 0 Å². The molecule has 0 aromatic rings. The van der Waals surface area contributed by atoms with Crippen LogP contribution < -0.4 is 0 Å². The molecular weight excluding hydrogens is 142 g/mol. The van der Waals surface area contributed by atoms with Crippen LogP contribution in [0.3, 0.4) is 0 Å². The predicted octanol–water partition coefficient (Wildman–Crippen LogP) is 0.0699. The zero-order valence-corrected chi connectivity index (χ0v) is 7.62. The van der Waals surface area contributed by atoms with E-state index in [1.807, 2.05) is 25.8 Å². The van der Waals surface area contributed by atoms with Gasteiger partial charge >= 0.3 is 0 Å². The summed E-state index contributed by atoms with van der Waals surface area (Å²) >= 11 is 0. The Labute approximate surface area is 68.6 Å². The number of likely N-dealkylation sites (tertiary alicyclic amines) is 1. The highest BCUT2D eigenvalue weighted by molar-refractivity contribution is 4.81. The fourth-order valence-electron chi connectivity index (χ4n) is 1.26. The van der Waals surface area contributed by atoms with Crippen molar-refractivity contribution in [3.63, 3.8) is 0 Å². The maximum absolute atomic E-state index is 9.05. The minimum atomic E-state index is -0.229. The minimum Gasteiger partial charge on any atom is -0.395 e. The summed E-state index contributed by atoms with van der Waals surface area (Å²) in [5, 5.41) is 17.7. The molecule has 1 rings (SSSR count). The van der Waals surface area contributed by atoms with Crippen LogP contribution in [0.5, 0.6) is 0 Å². The Bertz CT molecular complexity index is 98.1. The zero-order chi connectivity index (χ0) is 8.85. The van der Waals surface area contributed by atoms with Gasteiger partial charge in [-0.05, 0) is 13.5 Å². The molecule has 2 N–H and O–H groups in total. The Morgan fingerprint density at radius 1 is 1.45 bits per heavy atom. The van der Waals surface area contributed by atoms with Gasteiger partial charge in [0.15, 0.2) is 0 Å². The molecule has 0 unspecified atom stereocenters. The molecule has 0 aromatic heterocycles. The van der Waals surface area contributed by atoms with Gasteiger partial charge in [0.1, 0.15) is 0 Å². The predicted molar refractivity (Wildman–Crippen MR) is 45.5 cm³/mol. The zero-order valence-electron chi connectivity index (χ0n) is 7.62. The molecule has 1 aliphatic heterocycles. The smallest absolute Gasteiger partial charge is 0.0682 e. The molecule has 1 saturated heterocycles. The van der Waals surface area contributed by atoms with Gasteiger partial charge in [0, 0.05) is 12.6 Å². The fraction of sp³-hybridized carbons (Fsp3) is 1.00. The average Bonchev–Trinajstić information content (AvgIpc) is 2.33. The third kappa shape index (κ3) is 3.18. The summed E-state index contributed by atoms with van der Waals surface area (Å²) in [6.07, 6.45) is 0.486. The molecule has 0 amide bonds. The average molecular weight is 161 g/mol. The Balaban J connectivity index is 0.000000461. The molecule has 68 valence electrons. The molecule has 0 radical (unpaired) electrons. The minimum absolute atomic E-state index is 0.160. The molecule has 0 saturated carbocycles. The molecule has 1 heterocycles. The molecule has 0 spiro atoms. The molecule has 1 aliphatic rings. The Hall–Kier alpha value is -0.120. The summed E-state index contributed by atoms with van der Waals surface area (Å²) in [6, 6.07) is 0.181. The van der Waals surface area contributed by atoms with Crippen LogP contribution in [0.1, 0.15) is 20.3 Å². The first-order valence-corrected chi connectivity index (χ1v) is 4.23. The summed E-state index contributed by atoms with van der Waals surface area (Å²) in [5.74, 6) is 0. The third-order valence-corrected chi connectivity index (χ3v) is 1.88. The number of β-amino-alcohol motifs (C(OH)–C–C–N with tert-alkyl or cyclic N) is 1. The Kier molecular flexibility index (Phi) is 5.46. The highest BCUT2D eigenvalue weighted by Crippen LogP contribution is 2.13. The van der Waals surface area contributed by atoms with E-state index in [0.29, 0.717) is 13.0 Å². The third-order valence-electron chi connectivity index (χ3n) is 1.88. The van der Waals surface area contributed by atoms with E-state index < -0.39 is 0 Å². The van der Waals surface area contributed by atoms with Crippen molar-refractivity contribution < 1.29 is 10.2 Å². The van der Waals surface area contributed by atoms with Crippen molar-refractivity contribution in [1.29, 1.82) is 0 Å². The Morgan fingerprint density at radius 2 is 2.00 bits per heavy atom. The number of nitrogens with zero attached hydrogens (tertiary/aromatic N) is 1. The monoisotopic (exact) mass is 161 g/mol. The molecule has 0 bridgehead atoms. The lowest BCUT2D eigenvalue weighted by Gasteiger charge is -2.14. The molecule has 1 fully saturated rings. The first kappa shape index (κ1) is 10.9. The van der Waals surface area contributed by atoms with E-state index in [4.69, 9.17) is 10.2 Å². The number of rotatable bonds is 1. The van der Waals surface area contributed by atoms with Crippen molar-refractivity contribution in [2.45, 2.75) is 32.4 Å². The highest BCUT2D eigenvalue weighted by atomic mass is 16.3. The first-order chi connectivity index (χ1) is 5.24. The summed E-state index contributed by atoms with van der Waals surface area (Å²) in [4.78, 5) is 1.98. The molecule has 2 atom stereocenters. The lowest BCUT2D eigenvalue weighted by atomic mass is 10.2. The topological polar surface area (TPSA) is 43.7 Å². The van der Waals surface area contributed by atoms with Crippen molar-refractivity contribution in [1.82, 2.24) is 4.90 Å². The van der Waals surface area contributed by atoms with E-state index in [1.54, 1.807) is 0 Å². The Morgan fingerprint density at radius 3 is 2.18 bits per heavy atom. The molecular formula is C8H19NO2. The summed E-state index contributed by atoms with van der Waals surface area (Å²) < 4.78 is 0. The van der Waals surface area contributed by atoms with Gasteiger partial charge in [-0.15, -0.1) is 0 Å². The van der Waals surface area contributed by atoms with Crippen LogP contribution in [-0.4, -0.2) is 47.5 Å². The van der Waals surface area contributed by atoms with E-state index in [9.17, 15) is 0 Å². The van der Waals surface area contributed by atoms with Crippen LogP contribution in [0.25, 0.3) is 0 Å². The standard InChI is InChI=1S/C6H13NO2.C2H6/c1-7-3-6(9)2-5(7)4-8;1-2/h5-6,8-9H,2-4H2,1H3;1-2H3/t5-,6+;/m0./s1. The van der Waals surface area contributed by atoms with Crippen LogP contribution in [0, 0.1) is 0 Å². The lowest BCUT2D eigenvalue weighted by Crippen LogP contribution is -2.27. The van der Waals surface area contributed by atoms with Crippen molar-refractivity contribution >= 4 is 0 Å². The second kappa shape index (κ2) is 5.52. The molecule has 3 nitrogen and oxygen atoms in total. The maximum atomic E-state index is 9.05. The van der Waals surface area contributed by atoms with Gasteiger partial charge in [0.05, 0.1) is 12.7 Å². The van der Waals surface area contributed by atoms with Gasteiger partial charge in [-0.25, -0.2) is 0 Å². The molecule has 0 aromatic carbocycles. The maximum Gasteiger partial charge on any atom is 0.0682 e. The van der Waals surface area contributed by atoms with Crippen molar-refractivity contribution in [3.8, 4) is 0 Å². The SMILES string of the molecule is CC.CN1C[C@H](O)C[C@H]1CO. The second-order valence-corrected chi connectivity index (χ2v) is 2.67. The molecule has 11 heavy (non-hydrogen) atoms. The molecule has 3 heteroatoms. The van der Waals surface area contributed by atoms with E-state index in [2.05, 4.69) is 0 Å². The number of hydrogen-bond donors (Lipinski definition) is 2. The van der Waals surface area contributed by atoms with Gasteiger partial charge in [-0.1, -0.05) is 13.8 Å². The lowest BCUT2D eigenvalue weighted by molar-refractivity contribution is 0.180. The van der Waals surface area contributed by atoms with Gasteiger partial charge in [-0.2, -0.15) is 0 Å². The normalized spacial score (nSPS) is 31.4. The highest BCUT2D eigenvalue weighted by Gasteiger charge is 2.26. The van der Waals surface area contributed by atoms with Crippen LogP contribution >= 0.6 is 0 Å². The van der Waals surface area contributed by atoms with Gasteiger partial charge in [0.2, 0.25) is 0 Å². The van der Waals surface area contributed by atoms with Crippen LogP contribution in [0.15, 0.2) is 0 Å². The van der Waals surface area contributed by atoms with Crippen LogP contribution in [-0.2, 0) is 0 Å². The summed E-state index contributed by atoms with van der Waals surface area (Å²) in [6.45, 7) is 4.86. The van der Waals surface area contributed by atoms with E-state index >= 15 is 0 Å². The van der Waals surface area contributed by atoms with Gasteiger partial charge in [0.25, 0.3) is 0 Å². The second-order valence-electron chi connectivity index (χ2n) is 2.67. The number of likely N-dealkylation sites (N-methyl/N-ethyl adjacent to an activating group) is 1. The van der Waals surface area contributed by atoms with Crippen LogP contribution in [0.4, 0.5) is 0 Å². The number of aliphatic hydroxyl groups excluding tert-OH is 2. The van der Waals surface area contributed by atoms with Gasteiger partial charge < -0.3 is 10.2 Å². The fourth-order valence-corrected chi connectivity index (χ4v) is 1.26. The number of hydrogen-bond acceptors (Lipinski definition) is 3. The summed E-state index contributed by atoms with van der Waals surface area (Å²) in [5.41, 5.74) is 0. The van der Waals surface area contributed by atoms with Crippen LogP contribution in [0.2, 0.25) is 0 Å². The quantitative estimate of drug-likeness (QED) is 0.572. The molecule has 0 aliphatic carbocycles. The number of aliphatic hydroxyl groups is 2. The van der Waals surface area contributed by atoms with E-state index in [-0.39, 0.29) is 18.8 Å². The van der Waals surface area contributed by atoms with Crippen molar-refractivity contribution in [2.24, 2.45) is 0 Å². The largest absolute Gasteiger partial charge is 0.395 e.